The Labute approximate surface area is 140 Å². The van der Waals surface area contributed by atoms with Gasteiger partial charge in [-0.2, -0.15) is 0 Å². The summed E-state index contributed by atoms with van der Waals surface area (Å²) in [4.78, 5) is 17.2. The lowest BCUT2D eigenvalue weighted by Gasteiger charge is -2.25. The van der Waals surface area contributed by atoms with Crippen LogP contribution in [0.2, 0.25) is 5.02 Å². The predicted octanol–water partition coefficient (Wildman–Crippen LogP) is 4.36. The number of carbonyl (C=O) groups excluding carboxylic acids is 1. The van der Waals surface area contributed by atoms with Crippen molar-refractivity contribution in [2.24, 2.45) is 5.16 Å². The average molecular weight is 332 g/mol. The first-order chi connectivity index (χ1) is 10.9. The molecular weight excluding hydrogens is 314 g/mol. The van der Waals surface area contributed by atoms with E-state index in [9.17, 15) is 4.79 Å². The Bertz CT molecular complexity index is 691. The van der Waals surface area contributed by atoms with Gasteiger partial charge in [0.15, 0.2) is 5.60 Å². The second-order valence-electron chi connectivity index (χ2n) is 5.43. The molecule has 0 N–H and O–H groups in total. The smallest absolute Gasteiger partial charge is 0.205 e. The summed E-state index contributed by atoms with van der Waals surface area (Å²) in [5.41, 5.74) is 0.444. The van der Waals surface area contributed by atoms with Gasteiger partial charge in [-0.05, 0) is 67.9 Å². The first-order valence-electron chi connectivity index (χ1n) is 7.08. The highest BCUT2D eigenvalue weighted by Crippen LogP contribution is 2.23. The van der Waals surface area contributed by atoms with E-state index in [1.54, 1.807) is 56.5 Å². The fraction of sp³-hybridized carbons (Fsp3) is 0.222. The van der Waals surface area contributed by atoms with E-state index >= 15 is 0 Å². The summed E-state index contributed by atoms with van der Waals surface area (Å²) in [6.45, 7) is 3.48. The van der Waals surface area contributed by atoms with Gasteiger partial charge in [-0.3, -0.25) is 4.79 Å². The molecule has 0 spiro atoms. The Morgan fingerprint density at radius 1 is 1.09 bits per heavy atom. The molecule has 0 amide bonds. The second-order valence-corrected chi connectivity index (χ2v) is 5.87. The highest BCUT2D eigenvalue weighted by Gasteiger charge is 2.30. The van der Waals surface area contributed by atoms with Gasteiger partial charge < -0.3 is 9.57 Å². The molecule has 0 aromatic heterocycles. The van der Waals surface area contributed by atoms with E-state index in [1.165, 1.54) is 7.11 Å². The third kappa shape index (κ3) is 4.57. The topological polar surface area (TPSA) is 47.9 Å². The molecule has 0 fully saturated rings. The Hall–Kier alpha value is -2.33. The number of rotatable bonds is 6. The maximum Gasteiger partial charge on any atom is 0.205 e. The molecule has 0 aliphatic rings. The van der Waals surface area contributed by atoms with Crippen LogP contribution in [0.5, 0.6) is 5.75 Å². The molecule has 2 aromatic carbocycles. The number of hydrogen-bond acceptors (Lipinski definition) is 4. The minimum Gasteiger partial charge on any atom is -0.480 e. The van der Waals surface area contributed by atoms with E-state index in [0.717, 1.165) is 5.56 Å². The number of ketones is 1. The zero-order valence-electron chi connectivity index (χ0n) is 13.2. The normalized spacial score (nSPS) is 11.5. The summed E-state index contributed by atoms with van der Waals surface area (Å²) in [6, 6.07) is 14.0. The average Bonchev–Trinajstić information content (AvgIpc) is 2.54. The summed E-state index contributed by atoms with van der Waals surface area (Å²) in [6.07, 6.45) is 1.59. The molecule has 0 atom stereocenters. The van der Waals surface area contributed by atoms with Gasteiger partial charge in [0.05, 0.1) is 6.21 Å². The molecule has 0 saturated heterocycles. The Balaban J connectivity index is 2.12. The van der Waals surface area contributed by atoms with Gasteiger partial charge in [-0.25, -0.2) is 0 Å². The van der Waals surface area contributed by atoms with Crippen LogP contribution in [0.1, 0.15) is 29.8 Å². The summed E-state index contributed by atoms with van der Waals surface area (Å²) >= 11 is 5.85. The monoisotopic (exact) mass is 331 g/mol. The minimum atomic E-state index is -0.990. The number of Topliss-reactive ketones (excluding diaryl/α,β-unsaturated/α-hetero) is 1. The third-order valence-electron chi connectivity index (χ3n) is 3.21. The van der Waals surface area contributed by atoms with Crippen molar-refractivity contribution in [3.8, 4) is 5.75 Å². The SMILES string of the molecule is CON=Cc1ccc(OC(C)(C)C(=O)c2ccc(Cl)cc2)cc1. The summed E-state index contributed by atoms with van der Waals surface area (Å²) in [7, 11) is 1.48. The van der Waals surface area contributed by atoms with Gasteiger partial charge >= 0.3 is 0 Å². The molecule has 4 nitrogen and oxygen atoms in total. The standard InChI is InChI=1S/C18H18ClNO3/c1-18(2,17(21)14-6-8-15(19)9-7-14)23-16-10-4-13(5-11-16)12-20-22-3/h4-12H,1-3H3. The quantitative estimate of drug-likeness (QED) is 0.449. The number of hydrogen-bond donors (Lipinski definition) is 0. The molecule has 0 bridgehead atoms. The first-order valence-corrected chi connectivity index (χ1v) is 7.46. The van der Waals surface area contributed by atoms with Crippen molar-refractivity contribution in [1.82, 2.24) is 0 Å². The lowest BCUT2D eigenvalue weighted by atomic mass is 9.96. The summed E-state index contributed by atoms with van der Waals surface area (Å²) < 4.78 is 5.85. The molecule has 0 aliphatic carbocycles. The molecule has 5 heteroatoms. The van der Waals surface area contributed by atoms with Gasteiger partial charge in [0.2, 0.25) is 5.78 Å². The Morgan fingerprint density at radius 2 is 1.70 bits per heavy atom. The zero-order valence-corrected chi connectivity index (χ0v) is 14.0. The van der Waals surface area contributed by atoms with Crippen LogP contribution in [0.3, 0.4) is 0 Å². The van der Waals surface area contributed by atoms with E-state index in [1.807, 2.05) is 12.1 Å². The molecule has 0 aliphatic heterocycles. The van der Waals surface area contributed by atoms with Crippen LogP contribution in [0, 0.1) is 0 Å². The van der Waals surface area contributed by atoms with E-state index in [0.29, 0.717) is 16.3 Å². The molecule has 2 aromatic rings. The Kier molecular flexibility index (Phi) is 5.40. The fourth-order valence-electron chi connectivity index (χ4n) is 2.03. The van der Waals surface area contributed by atoms with Crippen molar-refractivity contribution < 1.29 is 14.4 Å². The van der Waals surface area contributed by atoms with Crippen molar-refractivity contribution in [2.75, 3.05) is 7.11 Å². The number of benzene rings is 2. The maximum absolute atomic E-state index is 12.6. The minimum absolute atomic E-state index is 0.112. The van der Waals surface area contributed by atoms with Crippen LogP contribution in [0.25, 0.3) is 0 Å². The van der Waals surface area contributed by atoms with E-state index in [2.05, 4.69) is 9.99 Å². The first kappa shape index (κ1) is 17.0. The van der Waals surface area contributed by atoms with E-state index in [-0.39, 0.29) is 5.78 Å². The number of oxime groups is 1. The maximum atomic E-state index is 12.6. The highest BCUT2D eigenvalue weighted by atomic mass is 35.5. The molecule has 0 unspecified atom stereocenters. The molecule has 0 saturated carbocycles. The molecule has 23 heavy (non-hydrogen) atoms. The lowest BCUT2D eigenvalue weighted by Crippen LogP contribution is -2.38. The van der Waals surface area contributed by atoms with E-state index < -0.39 is 5.60 Å². The summed E-state index contributed by atoms with van der Waals surface area (Å²) in [5, 5.41) is 4.28. The second kappa shape index (κ2) is 7.29. The number of ether oxygens (including phenoxy) is 1. The Morgan fingerprint density at radius 3 is 2.26 bits per heavy atom. The van der Waals surface area contributed by atoms with Gasteiger partial charge in [0.25, 0.3) is 0 Å². The van der Waals surface area contributed by atoms with Gasteiger partial charge in [-0.1, -0.05) is 16.8 Å². The van der Waals surface area contributed by atoms with Gasteiger partial charge in [-0.15, -0.1) is 0 Å². The largest absolute Gasteiger partial charge is 0.480 e. The van der Waals surface area contributed by atoms with Crippen molar-refractivity contribution in [3.05, 3.63) is 64.7 Å². The van der Waals surface area contributed by atoms with Gasteiger partial charge in [0, 0.05) is 10.6 Å². The van der Waals surface area contributed by atoms with Crippen molar-refractivity contribution >= 4 is 23.6 Å². The molecule has 2 rings (SSSR count). The van der Waals surface area contributed by atoms with Crippen LogP contribution in [0.4, 0.5) is 0 Å². The lowest BCUT2D eigenvalue weighted by molar-refractivity contribution is 0.0584. The number of halogens is 1. The van der Waals surface area contributed by atoms with Crippen LogP contribution >= 0.6 is 11.6 Å². The van der Waals surface area contributed by atoms with Crippen LogP contribution in [-0.4, -0.2) is 24.7 Å². The number of carbonyl (C=O) groups is 1. The van der Waals surface area contributed by atoms with Crippen molar-refractivity contribution in [2.45, 2.75) is 19.4 Å². The van der Waals surface area contributed by atoms with Crippen LogP contribution in [0.15, 0.2) is 53.7 Å². The molecule has 120 valence electrons. The van der Waals surface area contributed by atoms with Crippen molar-refractivity contribution in [3.63, 3.8) is 0 Å². The number of nitrogens with zero attached hydrogens (tertiary/aromatic N) is 1. The molecular formula is C18H18ClNO3. The third-order valence-corrected chi connectivity index (χ3v) is 3.47. The van der Waals surface area contributed by atoms with Crippen LogP contribution < -0.4 is 4.74 Å². The predicted molar refractivity (Wildman–Crippen MR) is 91.5 cm³/mol. The highest BCUT2D eigenvalue weighted by molar-refractivity contribution is 6.30. The van der Waals surface area contributed by atoms with Gasteiger partial charge in [0.1, 0.15) is 12.9 Å². The molecule has 0 heterocycles. The molecule has 0 radical (unpaired) electrons. The zero-order chi connectivity index (χ0) is 16.9. The van der Waals surface area contributed by atoms with Crippen LogP contribution in [-0.2, 0) is 4.84 Å². The van der Waals surface area contributed by atoms with Crippen molar-refractivity contribution in [1.29, 1.82) is 0 Å². The summed E-state index contributed by atoms with van der Waals surface area (Å²) in [5.74, 6) is 0.492. The fourth-order valence-corrected chi connectivity index (χ4v) is 2.15. The van der Waals surface area contributed by atoms with E-state index in [4.69, 9.17) is 16.3 Å².